The van der Waals surface area contributed by atoms with E-state index in [-0.39, 0.29) is 17.8 Å². The van der Waals surface area contributed by atoms with Crippen LogP contribution in [0.4, 0.5) is 10.1 Å². The highest BCUT2D eigenvalue weighted by molar-refractivity contribution is 5.47. The third-order valence-corrected chi connectivity index (χ3v) is 3.93. The lowest BCUT2D eigenvalue weighted by Gasteiger charge is -2.35. The molecule has 0 radical (unpaired) electrons. The lowest BCUT2D eigenvalue weighted by Crippen LogP contribution is -2.41. The third-order valence-electron chi connectivity index (χ3n) is 3.93. The van der Waals surface area contributed by atoms with Crippen LogP contribution in [-0.4, -0.2) is 24.8 Å². The Kier molecular flexibility index (Phi) is 4.97. The number of hydrogen-bond acceptors (Lipinski definition) is 2. The van der Waals surface area contributed by atoms with Gasteiger partial charge in [0.05, 0.1) is 6.61 Å². The van der Waals surface area contributed by atoms with Crippen molar-refractivity contribution < 1.29 is 9.50 Å². The van der Waals surface area contributed by atoms with Gasteiger partial charge in [-0.15, -0.1) is 0 Å². The van der Waals surface area contributed by atoms with Crippen LogP contribution in [0.3, 0.4) is 0 Å². The molecule has 0 heterocycles. The minimum atomic E-state index is -0.355. The number of hydrogen-bond donors (Lipinski definition) is 1. The number of aliphatic hydroxyl groups excluding tert-OH is 1. The molecule has 0 saturated heterocycles. The second kappa shape index (κ2) is 6.72. The van der Waals surface area contributed by atoms with E-state index in [0.29, 0.717) is 6.54 Å². The number of benzene rings is 2. The maximum absolute atomic E-state index is 13.1. The normalized spacial score (nSPS) is 13.7. The van der Waals surface area contributed by atoms with E-state index >= 15 is 0 Å². The van der Waals surface area contributed by atoms with Crippen molar-refractivity contribution >= 4 is 5.69 Å². The Hall–Kier alpha value is -1.87. The Balaban J connectivity index is 2.25. The average molecular weight is 287 g/mol. The van der Waals surface area contributed by atoms with E-state index in [2.05, 4.69) is 18.7 Å². The molecule has 3 heteroatoms. The maximum Gasteiger partial charge on any atom is 0.123 e. The van der Waals surface area contributed by atoms with Gasteiger partial charge in [-0.3, -0.25) is 0 Å². The van der Waals surface area contributed by atoms with Crippen LogP contribution in [0.2, 0.25) is 0 Å². The van der Waals surface area contributed by atoms with Crippen LogP contribution in [0.25, 0.3) is 0 Å². The molecule has 112 valence electrons. The summed E-state index contributed by atoms with van der Waals surface area (Å²) >= 11 is 0. The summed E-state index contributed by atoms with van der Waals surface area (Å²) in [6.45, 7) is 5.65. The molecular formula is C18H22FNO. The van der Waals surface area contributed by atoms with Crippen LogP contribution >= 0.6 is 0 Å². The Morgan fingerprint density at radius 1 is 1.05 bits per heavy atom. The third kappa shape index (κ3) is 3.61. The second-order valence-electron chi connectivity index (χ2n) is 5.58. The molecule has 2 nitrogen and oxygen atoms in total. The molecule has 21 heavy (non-hydrogen) atoms. The predicted octanol–water partition coefficient (Wildman–Crippen LogP) is 3.60. The monoisotopic (exact) mass is 287 g/mol. The molecule has 0 spiro atoms. The molecule has 1 N–H and O–H groups in total. The molecule has 0 aromatic heterocycles. The van der Waals surface area contributed by atoms with E-state index < -0.39 is 0 Å². The van der Waals surface area contributed by atoms with Gasteiger partial charge < -0.3 is 10.0 Å². The minimum absolute atomic E-state index is 0.0642. The highest BCUT2D eigenvalue weighted by Crippen LogP contribution is 2.27. The van der Waals surface area contributed by atoms with E-state index in [0.717, 1.165) is 17.8 Å². The SMILES string of the molecule is CCN(CC(C)(CO)c1ccccc1)c1ccc(F)cc1. The zero-order valence-electron chi connectivity index (χ0n) is 12.6. The molecule has 0 aliphatic heterocycles. The van der Waals surface area contributed by atoms with Gasteiger partial charge in [0.25, 0.3) is 0 Å². The highest BCUT2D eigenvalue weighted by Gasteiger charge is 2.28. The van der Waals surface area contributed by atoms with Crippen LogP contribution in [-0.2, 0) is 5.41 Å². The standard InChI is InChI=1S/C18H22FNO/c1-3-20(17-11-9-16(19)10-12-17)13-18(2,14-21)15-7-5-4-6-8-15/h4-12,21H,3,13-14H2,1-2H3. The second-order valence-corrected chi connectivity index (χ2v) is 5.58. The number of anilines is 1. The fourth-order valence-electron chi connectivity index (χ4n) is 2.53. The number of nitrogens with zero attached hydrogens (tertiary/aromatic N) is 1. The Morgan fingerprint density at radius 3 is 2.19 bits per heavy atom. The maximum atomic E-state index is 13.1. The highest BCUT2D eigenvalue weighted by atomic mass is 19.1. The van der Waals surface area contributed by atoms with Gasteiger partial charge in [0, 0.05) is 24.2 Å². The van der Waals surface area contributed by atoms with Crippen LogP contribution in [0.5, 0.6) is 0 Å². The molecule has 2 aromatic carbocycles. The first-order valence-electron chi connectivity index (χ1n) is 7.26. The van der Waals surface area contributed by atoms with Crippen LogP contribution in [0.1, 0.15) is 19.4 Å². The van der Waals surface area contributed by atoms with Gasteiger partial charge in [-0.25, -0.2) is 4.39 Å². The number of halogens is 1. The van der Waals surface area contributed by atoms with E-state index in [9.17, 15) is 9.50 Å². The van der Waals surface area contributed by atoms with Gasteiger partial charge in [-0.1, -0.05) is 37.3 Å². The van der Waals surface area contributed by atoms with Gasteiger partial charge in [0.1, 0.15) is 5.82 Å². The summed E-state index contributed by atoms with van der Waals surface area (Å²) in [6.07, 6.45) is 0. The van der Waals surface area contributed by atoms with Crippen molar-refractivity contribution in [3.63, 3.8) is 0 Å². The summed E-state index contributed by atoms with van der Waals surface area (Å²) in [6, 6.07) is 16.5. The summed E-state index contributed by atoms with van der Waals surface area (Å²) in [4.78, 5) is 2.16. The predicted molar refractivity (Wildman–Crippen MR) is 85.2 cm³/mol. The summed E-state index contributed by atoms with van der Waals surface area (Å²) in [5.74, 6) is -0.234. The molecule has 0 aliphatic carbocycles. The van der Waals surface area contributed by atoms with E-state index in [4.69, 9.17) is 0 Å². The molecule has 0 amide bonds. The molecule has 1 atom stereocenters. The number of likely N-dealkylation sites (N-methyl/N-ethyl adjacent to an activating group) is 1. The fourth-order valence-corrected chi connectivity index (χ4v) is 2.53. The molecule has 0 fully saturated rings. The average Bonchev–Trinajstić information content (AvgIpc) is 2.54. The molecular weight excluding hydrogens is 265 g/mol. The van der Waals surface area contributed by atoms with Crippen molar-refractivity contribution in [1.82, 2.24) is 0 Å². The number of rotatable bonds is 6. The van der Waals surface area contributed by atoms with Gasteiger partial charge in [0.15, 0.2) is 0 Å². The smallest absolute Gasteiger partial charge is 0.123 e. The first kappa shape index (κ1) is 15.5. The summed E-state index contributed by atoms with van der Waals surface area (Å²) in [7, 11) is 0. The van der Waals surface area contributed by atoms with Crippen LogP contribution < -0.4 is 4.90 Å². The van der Waals surface area contributed by atoms with Crippen LogP contribution in [0.15, 0.2) is 54.6 Å². The molecule has 1 unspecified atom stereocenters. The van der Waals surface area contributed by atoms with E-state index in [1.165, 1.54) is 12.1 Å². The van der Waals surface area contributed by atoms with Gasteiger partial charge in [-0.05, 0) is 36.8 Å². The number of aliphatic hydroxyl groups is 1. The first-order valence-corrected chi connectivity index (χ1v) is 7.26. The molecule has 2 aromatic rings. The first-order chi connectivity index (χ1) is 10.1. The Labute approximate surface area is 125 Å². The lowest BCUT2D eigenvalue weighted by molar-refractivity contribution is 0.208. The Bertz CT molecular complexity index is 555. The van der Waals surface area contributed by atoms with Crippen molar-refractivity contribution in [1.29, 1.82) is 0 Å². The molecule has 0 saturated carbocycles. The van der Waals surface area contributed by atoms with Crippen molar-refractivity contribution in [2.45, 2.75) is 19.3 Å². The quantitative estimate of drug-likeness (QED) is 0.877. The van der Waals surface area contributed by atoms with Gasteiger partial charge in [0.2, 0.25) is 0 Å². The summed E-state index contributed by atoms with van der Waals surface area (Å²) in [5, 5.41) is 9.89. The van der Waals surface area contributed by atoms with Crippen molar-refractivity contribution in [3.05, 3.63) is 66.0 Å². The van der Waals surface area contributed by atoms with E-state index in [1.807, 2.05) is 30.3 Å². The minimum Gasteiger partial charge on any atom is -0.395 e. The van der Waals surface area contributed by atoms with Crippen LogP contribution in [0, 0.1) is 5.82 Å². The zero-order valence-corrected chi connectivity index (χ0v) is 12.6. The van der Waals surface area contributed by atoms with Crippen molar-refractivity contribution in [2.24, 2.45) is 0 Å². The van der Waals surface area contributed by atoms with Gasteiger partial charge >= 0.3 is 0 Å². The zero-order chi connectivity index (χ0) is 15.3. The molecule has 0 bridgehead atoms. The topological polar surface area (TPSA) is 23.5 Å². The van der Waals surface area contributed by atoms with Crippen molar-refractivity contribution in [2.75, 3.05) is 24.6 Å². The van der Waals surface area contributed by atoms with Crippen molar-refractivity contribution in [3.8, 4) is 0 Å². The fraction of sp³-hybridized carbons (Fsp3) is 0.333. The Morgan fingerprint density at radius 2 is 1.67 bits per heavy atom. The molecule has 0 aliphatic rings. The largest absolute Gasteiger partial charge is 0.395 e. The van der Waals surface area contributed by atoms with Gasteiger partial charge in [-0.2, -0.15) is 0 Å². The lowest BCUT2D eigenvalue weighted by atomic mass is 9.82. The van der Waals surface area contributed by atoms with E-state index in [1.54, 1.807) is 12.1 Å². The molecule has 2 rings (SSSR count). The summed E-state index contributed by atoms with van der Waals surface area (Å²) in [5.41, 5.74) is 1.72. The summed E-state index contributed by atoms with van der Waals surface area (Å²) < 4.78 is 13.1.